The molecule has 17 nitrogen and oxygen atoms in total. The van der Waals surface area contributed by atoms with Gasteiger partial charge in [0.05, 0.1) is 26.4 Å². The molecule has 0 radical (unpaired) electrons. The molecule has 5 atom stereocenters. The molecule has 0 aliphatic heterocycles. The first kappa shape index (κ1) is 90.5. The number of aliphatic hydroxyl groups is 1. The Morgan fingerprint density at radius 3 is 0.785 bits per heavy atom. The maximum atomic E-state index is 13.1. The van der Waals surface area contributed by atoms with Gasteiger partial charge in [-0.1, -0.05) is 315 Å². The Labute approximate surface area is 567 Å². The molecule has 0 aliphatic carbocycles. The fourth-order valence-electron chi connectivity index (χ4n) is 10.9. The van der Waals surface area contributed by atoms with Crippen molar-refractivity contribution in [3.63, 3.8) is 0 Å². The van der Waals surface area contributed by atoms with E-state index in [0.717, 1.165) is 103 Å². The Hall–Kier alpha value is -2.46. The van der Waals surface area contributed by atoms with Crippen LogP contribution < -0.4 is 0 Å². The number of carbonyl (C=O) groups excluding carboxylic acids is 4. The van der Waals surface area contributed by atoms with E-state index in [1.807, 2.05) is 0 Å². The first-order chi connectivity index (χ1) is 45.2. The number of aliphatic hydroxyl groups excluding tert-OH is 1. The van der Waals surface area contributed by atoms with Crippen molar-refractivity contribution in [2.45, 2.75) is 386 Å². The number of rotatable bonds is 73. The Morgan fingerprint density at radius 2 is 0.516 bits per heavy atom. The molecule has 0 bridgehead atoms. The van der Waals surface area contributed by atoms with Gasteiger partial charge in [-0.25, -0.2) is 9.13 Å². The average Bonchev–Trinajstić information content (AvgIpc) is 3.47. The van der Waals surface area contributed by atoms with Gasteiger partial charge in [-0.05, 0) is 51.4 Å². The van der Waals surface area contributed by atoms with Crippen LogP contribution in [0.15, 0.2) is 24.3 Å². The maximum absolute atomic E-state index is 13.1. The summed E-state index contributed by atoms with van der Waals surface area (Å²) in [6.07, 6.45) is 60.2. The van der Waals surface area contributed by atoms with Crippen molar-refractivity contribution < 1.29 is 80.2 Å². The zero-order valence-corrected chi connectivity index (χ0v) is 61.5. The fourth-order valence-corrected chi connectivity index (χ4v) is 12.4. The summed E-state index contributed by atoms with van der Waals surface area (Å²) in [5.74, 6) is -2.14. The second-order valence-corrected chi connectivity index (χ2v) is 28.9. The molecule has 0 aromatic carbocycles. The molecule has 0 fully saturated rings. The second kappa shape index (κ2) is 68.1. The monoisotopic (exact) mass is 1360 g/mol. The van der Waals surface area contributed by atoms with Gasteiger partial charge in [0.25, 0.3) is 0 Å². The number of hydrogen-bond donors (Lipinski definition) is 3. The molecule has 0 saturated carbocycles. The molecule has 0 spiro atoms. The minimum atomic E-state index is -4.96. The summed E-state index contributed by atoms with van der Waals surface area (Å²) >= 11 is 0. The van der Waals surface area contributed by atoms with E-state index in [1.54, 1.807) is 0 Å². The van der Waals surface area contributed by atoms with Gasteiger partial charge in [-0.2, -0.15) is 0 Å². The van der Waals surface area contributed by atoms with Crippen molar-refractivity contribution in [3.05, 3.63) is 24.3 Å². The third-order valence-electron chi connectivity index (χ3n) is 16.7. The first-order valence-corrected chi connectivity index (χ1v) is 41.1. The smallest absolute Gasteiger partial charge is 0.462 e. The highest BCUT2D eigenvalue weighted by Crippen LogP contribution is 2.45. The largest absolute Gasteiger partial charge is 0.472 e. The number of ether oxygens (including phenoxy) is 4. The van der Waals surface area contributed by atoms with E-state index in [2.05, 4.69) is 52.0 Å². The zero-order valence-electron chi connectivity index (χ0n) is 59.7. The van der Waals surface area contributed by atoms with E-state index < -0.39 is 97.5 Å². The van der Waals surface area contributed by atoms with Gasteiger partial charge in [0, 0.05) is 25.7 Å². The van der Waals surface area contributed by atoms with Gasteiger partial charge >= 0.3 is 39.5 Å². The van der Waals surface area contributed by atoms with Gasteiger partial charge in [0.1, 0.15) is 19.3 Å². The highest BCUT2D eigenvalue weighted by Gasteiger charge is 2.30. The summed E-state index contributed by atoms with van der Waals surface area (Å²) in [6, 6.07) is 0. The molecular weight excluding hydrogens is 1220 g/mol. The average molecular weight is 1360 g/mol. The second-order valence-electron chi connectivity index (χ2n) is 26.0. The molecule has 0 aromatic heterocycles. The number of carbonyl (C=O) groups is 4. The van der Waals surface area contributed by atoms with Crippen LogP contribution in [0.25, 0.3) is 0 Å². The third-order valence-corrected chi connectivity index (χ3v) is 18.6. The van der Waals surface area contributed by atoms with E-state index in [-0.39, 0.29) is 25.7 Å². The lowest BCUT2D eigenvalue weighted by Crippen LogP contribution is -2.30. The molecule has 19 heteroatoms. The number of unbranched alkanes of at least 4 members (excludes halogenated alkanes) is 44. The topological polar surface area (TPSA) is 237 Å². The summed E-state index contributed by atoms with van der Waals surface area (Å²) in [6.45, 7) is 4.91. The number of phosphoric acid groups is 2. The molecule has 0 heterocycles. The number of phosphoric ester groups is 2. The van der Waals surface area contributed by atoms with Crippen molar-refractivity contribution in [3.8, 4) is 0 Å². The molecule has 93 heavy (non-hydrogen) atoms. The van der Waals surface area contributed by atoms with Crippen LogP contribution in [0, 0.1) is 0 Å². The standard InChI is InChI=1S/C74H140O17P2/c1-5-9-13-17-21-25-29-33-34-37-41-45-49-53-57-61-74(79)91-70(65-85-72(77)59-55-51-47-43-39-35-30-26-22-18-14-10-6-2)67-89-93(82,83)87-63-68(75)62-86-92(80,81)88-66-69(64-84-71(76)58-54-50-46-42-38-32-28-24-20-16-12-8-4)90-73(78)60-56-52-48-44-40-36-31-27-23-19-15-11-7-3/h25,29,33-34,68-70,75H,5-24,26-28,30-32,35-67H2,1-4H3,(H,80,81)(H,82,83)/b29-25-,34-33-/t68-,69+,70+/m0/s1. The predicted molar refractivity (Wildman–Crippen MR) is 377 cm³/mol. The van der Waals surface area contributed by atoms with Crippen molar-refractivity contribution in [2.24, 2.45) is 0 Å². The van der Waals surface area contributed by atoms with Gasteiger partial charge in [0.15, 0.2) is 12.2 Å². The lowest BCUT2D eigenvalue weighted by molar-refractivity contribution is -0.161. The molecule has 0 aromatic rings. The third kappa shape index (κ3) is 67.9. The van der Waals surface area contributed by atoms with Crippen LogP contribution in [0.5, 0.6) is 0 Å². The normalized spacial score (nSPS) is 14.1. The summed E-state index contributed by atoms with van der Waals surface area (Å²) in [4.78, 5) is 72.7. The van der Waals surface area contributed by atoms with Crippen LogP contribution in [0.2, 0.25) is 0 Å². The Kier molecular flexibility index (Phi) is 66.3. The first-order valence-electron chi connectivity index (χ1n) is 38.1. The molecule has 0 amide bonds. The van der Waals surface area contributed by atoms with Crippen LogP contribution in [0.4, 0.5) is 0 Å². The zero-order chi connectivity index (χ0) is 68.2. The minimum Gasteiger partial charge on any atom is -0.462 e. The van der Waals surface area contributed by atoms with Gasteiger partial charge in [-0.15, -0.1) is 0 Å². The number of hydrogen-bond acceptors (Lipinski definition) is 15. The predicted octanol–water partition coefficient (Wildman–Crippen LogP) is 21.4. The van der Waals surface area contributed by atoms with Gasteiger partial charge in [-0.3, -0.25) is 37.3 Å². The molecule has 0 aliphatic rings. The highest BCUT2D eigenvalue weighted by atomic mass is 31.2. The fraction of sp³-hybridized carbons (Fsp3) is 0.892. The van der Waals surface area contributed by atoms with Crippen LogP contribution in [-0.2, 0) is 65.4 Å². The van der Waals surface area contributed by atoms with Crippen LogP contribution >= 0.6 is 15.6 Å². The minimum absolute atomic E-state index is 0.0859. The lowest BCUT2D eigenvalue weighted by Gasteiger charge is -2.21. The Balaban J connectivity index is 5.29. The number of allylic oxidation sites excluding steroid dienone is 4. The highest BCUT2D eigenvalue weighted by molar-refractivity contribution is 7.47. The van der Waals surface area contributed by atoms with Crippen molar-refractivity contribution in [1.29, 1.82) is 0 Å². The molecule has 2 unspecified atom stereocenters. The van der Waals surface area contributed by atoms with Gasteiger partial charge in [0.2, 0.25) is 0 Å². The summed E-state index contributed by atoms with van der Waals surface area (Å²) in [5.41, 5.74) is 0. The molecule has 0 rings (SSSR count). The number of esters is 4. The van der Waals surface area contributed by atoms with Crippen LogP contribution in [-0.4, -0.2) is 96.7 Å². The maximum Gasteiger partial charge on any atom is 0.472 e. The van der Waals surface area contributed by atoms with E-state index >= 15 is 0 Å². The quantitative estimate of drug-likeness (QED) is 0.0169. The summed E-state index contributed by atoms with van der Waals surface area (Å²) < 4.78 is 68.4. The SMILES string of the molecule is CCCCCC/C=C\C=C/CCCCCCCC(=O)O[C@H](COC(=O)CCCCCCCCCCCCCCC)COP(=O)(O)OC[C@@H](O)COP(=O)(O)OC[C@@H](COC(=O)CCCCCCCCCCCCCC)OC(=O)CCCCCCCCCCCCCCC. The Bertz CT molecular complexity index is 1870. The molecule has 0 saturated heterocycles. The van der Waals surface area contributed by atoms with E-state index in [9.17, 15) is 43.2 Å². The molecule has 3 N–H and O–H groups in total. The Morgan fingerprint density at radius 1 is 0.301 bits per heavy atom. The van der Waals surface area contributed by atoms with Crippen molar-refractivity contribution >= 4 is 39.5 Å². The van der Waals surface area contributed by atoms with E-state index in [0.29, 0.717) is 25.7 Å². The van der Waals surface area contributed by atoms with E-state index in [1.165, 1.54) is 186 Å². The molecule has 548 valence electrons. The van der Waals surface area contributed by atoms with E-state index in [4.69, 9.17) is 37.0 Å². The summed E-state index contributed by atoms with van der Waals surface area (Å²) in [5, 5.41) is 10.6. The van der Waals surface area contributed by atoms with Crippen molar-refractivity contribution in [1.82, 2.24) is 0 Å². The summed E-state index contributed by atoms with van der Waals surface area (Å²) in [7, 11) is -9.92. The lowest BCUT2D eigenvalue weighted by atomic mass is 10.0. The van der Waals surface area contributed by atoms with Crippen LogP contribution in [0.1, 0.15) is 368 Å². The molecular formula is C74H140O17P2. The van der Waals surface area contributed by atoms with Crippen molar-refractivity contribution in [2.75, 3.05) is 39.6 Å². The van der Waals surface area contributed by atoms with Crippen LogP contribution in [0.3, 0.4) is 0 Å². The van der Waals surface area contributed by atoms with Gasteiger partial charge < -0.3 is 33.8 Å².